The number of hydrogen-bond acceptors (Lipinski definition) is 3. The van der Waals surface area contributed by atoms with Crippen LogP contribution in [0, 0.1) is 6.92 Å². The van der Waals surface area contributed by atoms with E-state index in [2.05, 4.69) is 15.6 Å². The van der Waals surface area contributed by atoms with E-state index in [-0.39, 0.29) is 31.8 Å². The van der Waals surface area contributed by atoms with Crippen LogP contribution in [0.1, 0.15) is 23.0 Å². The molecule has 0 radical (unpaired) electrons. The van der Waals surface area contributed by atoms with Crippen LogP contribution in [0.4, 0.5) is 11.4 Å². The fourth-order valence-corrected chi connectivity index (χ4v) is 2.71. The van der Waals surface area contributed by atoms with Crippen molar-refractivity contribution in [3.63, 3.8) is 0 Å². The Labute approximate surface area is 158 Å². The summed E-state index contributed by atoms with van der Waals surface area (Å²) in [6.07, 6.45) is 0. The van der Waals surface area contributed by atoms with Gasteiger partial charge in [0, 0.05) is 18.3 Å². The molecule has 2 rings (SSSR count). The van der Waals surface area contributed by atoms with E-state index in [0.29, 0.717) is 11.4 Å². The average molecular weight is 407 g/mol. The summed E-state index contributed by atoms with van der Waals surface area (Å²) >= 11 is 23.6. The van der Waals surface area contributed by atoms with Crippen LogP contribution in [0.25, 0.3) is 0 Å². The number of rotatable bonds is 3. The summed E-state index contributed by atoms with van der Waals surface area (Å²) in [6.45, 7) is 3.21. The maximum atomic E-state index is 12.3. The number of halogens is 4. The first kappa shape index (κ1) is 18.8. The maximum absolute atomic E-state index is 12.3. The van der Waals surface area contributed by atoms with Gasteiger partial charge in [-0.3, -0.25) is 9.59 Å². The number of carbonyl (C=O) groups is 2. The topological polar surface area (TPSA) is 71.1 Å². The third-order valence-electron chi connectivity index (χ3n) is 2.99. The third kappa shape index (κ3) is 4.11. The van der Waals surface area contributed by atoms with Crippen molar-refractivity contribution in [1.29, 1.82) is 0 Å². The highest BCUT2D eigenvalue weighted by Gasteiger charge is 2.20. The van der Waals surface area contributed by atoms with Crippen molar-refractivity contribution in [2.45, 2.75) is 13.8 Å². The van der Waals surface area contributed by atoms with Crippen LogP contribution in [-0.2, 0) is 4.79 Å². The van der Waals surface area contributed by atoms with Gasteiger partial charge in [-0.2, -0.15) is 0 Å². The molecule has 0 unspecified atom stereocenters. The molecular formula is C15H11Cl4N3O2. The molecule has 5 nitrogen and oxygen atoms in total. The average Bonchev–Trinajstić information content (AvgIpc) is 2.51. The molecule has 9 heteroatoms. The van der Waals surface area contributed by atoms with Gasteiger partial charge in [0.25, 0.3) is 5.91 Å². The first-order valence-electron chi connectivity index (χ1n) is 6.60. The molecule has 2 amide bonds. The van der Waals surface area contributed by atoms with Crippen molar-refractivity contribution in [2.75, 3.05) is 10.6 Å². The summed E-state index contributed by atoms with van der Waals surface area (Å²) in [6, 6.07) is 4.99. The van der Waals surface area contributed by atoms with E-state index < -0.39 is 5.91 Å². The molecule has 0 aliphatic rings. The van der Waals surface area contributed by atoms with Crippen LogP contribution >= 0.6 is 46.4 Å². The zero-order valence-electron chi connectivity index (χ0n) is 12.5. The van der Waals surface area contributed by atoms with E-state index in [4.69, 9.17) is 46.4 Å². The summed E-state index contributed by atoms with van der Waals surface area (Å²) in [5, 5.41) is 5.05. The maximum Gasteiger partial charge on any atom is 0.275 e. The van der Waals surface area contributed by atoms with Crippen LogP contribution in [-0.4, -0.2) is 16.8 Å². The molecule has 0 aliphatic carbocycles. The molecule has 24 heavy (non-hydrogen) atoms. The lowest BCUT2D eigenvalue weighted by Crippen LogP contribution is -2.15. The second kappa shape index (κ2) is 7.57. The van der Waals surface area contributed by atoms with E-state index in [1.54, 1.807) is 25.1 Å². The van der Waals surface area contributed by atoms with Crippen LogP contribution < -0.4 is 10.6 Å². The van der Waals surface area contributed by atoms with Gasteiger partial charge in [0.2, 0.25) is 5.91 Å². The Morgan fingerprint density at radius 2 is 1.67 bits per heavy atom. The van der Waals surface area contributed by atoms with Crippen molar-refractivity contribution in [3.05, 3.63) is 49.7 Å². The SMILES string of the molecule is CC(=O)Nc1ccc(NC(=O)c2nc(Cl)c(Cl)c(Cl)c2Cl)cc1C. The second-order valence-corrected chi connectivity index (χ2v) is 6.35. The summed E-state index contributed by atoms with van der Waals surface area (Å²) < 4.78 is 0. The molecule has 0 spiro atoms. The first-order valence-corrected chi connectivity index (χ1v) is 8.11. The Hall–Kier alpha value is -1.53. The number of carbonyl (C=O) groups excluding carboxylic acids is 2. The second-order valence-electron chi connectivity index (χ2n) is 4.86. The fourth-order valence-electron chi connectivity index (χ4n) is 1.90. The Morgan fingerprint density at radius 3 is 2.25 bits per heavy atom. The molecule has 1 aromatic carbocycles. The quantitative estimate of drug-likeness (QED) is 0.686. The number of aryl methyl sites for hydroxylation is 1. The normalized spacial score (nSPS) is 10.4. The Kier molecular flexibility index (Phi) is 5.93. The molecule has 0 fully saturated rings. The van der Waals surface area contributed by atoms with Gasteiger partial charge in [0.1, 0.15) is 10.8 Å². The molecule has 0 saturated carbocycles. The summed E-state index contributed by atoms with van der Waals surface area (Å²) in [5.41, 5.74) is 1.77. The van der Waals surface area contributed by atoms with Crippen molar-refractivity contribution in [1.82, 2.24) is 4.98 Å². The lowest BCUT2D eigenvalue weighted by atomic mass is 10.1. The van der Waals surface area contributed by atoms with Gasteiger partial charge in [-0.05, 0) is 30.7 Å². The third-order valence-corrected chi connectivity index (χ3v) is 4.67. The van der Waals surface area contributed by atoms with E-state index >= 15 is 0 Å². The highest BCUT2D eigenvalue weighted by atomic mass is 35.5. The Bertz CT molecular complexity index is 840. The minimum Gasteiger partial charge on any atom is -0.326 e. The number of nitrogens with one attached hydrogen (secondary N) is 2. The van der Waals surface area contributed by atoms with Gasteiger partial charge in [0.05, 0.1) is 15.1 Å². The predicted molar refractivity (Wildman–Crippen MR) is 97.7 cm³/mol. The zero-order valence-corrected chi connectivity index (χ0v) is 15.5. The van der Waals surface area contributed by atoms with Crippen LogP contribution in [0.3, 0.4) is 0 Å². The van der Waals surface area contributed by atoms with E-state index in [1.807, 2.05) is 0 Å². The lowest BCUT2D eigenvalue weighted by Gasteiger charge is -2.11. The van der Waals surface area contributed by atoms with E-state index in [1.165, 1.54) is 6.92 Å². The van der Waals surface area contributed by atoms with Crippen LogP contribution in [0.2, 0.25) is 20.2 Å². The van der Waals surface area contributed by atoms with Crippen molar-refractivity contribution >= 4 is 69.6 Å². The Morgan fingerprint density at radius 1 is 1.00 bits per heavy atom. The zero-order chi connectivity index (χ0) is 18.0. The van der Waals surface area contributed by atoms with Crippen molar-refractivity contribution in [3.8, 4) is 0 Å². The summed E-state index contributed by atoms with van der Waals surface area (Å²) in [7, 11) is 0. The van der Waals surface area contributed by atoms with Crippen LogP contribution in [0.5, 0.6) is 0 Å². The number of aromatic nitrogens is 1. The van der Waals surface area contributed by atoms with Crippen molar-refractivity contribution in [2.24, 2.45) is 0 Å². The minimum absolute atomic E-state index is 0.0182. The lowest BCUT2D eigenvalue weighted by molar-refractivity contribution is -0.114. The highest BCUT2D eigenvalue weighted by Crippen LogP contribution is 2.36. The van der Waals surface area contributed by atoms with Gasteiger partial charge in [-0.25, -0.2) is 4.98 Å². The smallest absolute Gasteiger partial charge is 0.275 e. The molecule has 126 valence electrons. The molecule has 2 N–H and O–H groups in total. The highest BCUT2D eigenvalue weighted by molar-refractivity contribution is 6.52. The molecule has 0 bridgehead atoms. The molecule has 1 heterocycles. The standard InChI is InChI=1S/C15H11Cl4N3O2/c1-6-5-8(3-4-9(6)20-7(2)23)21-15(24)13-11(17)10(16)12(18)14(19)22-13/h3-5H,1-2H3,(H,20,23)(H,21,24). The number of pyridine rings is 1. The molecular weight excluding hydrogens is 396 g/mol. The summed E-state index contributed by atoms with van der Waals surface area (Å²) in [4.78, 5) is 27.3. The number of amides is 2. The summed E-state index contributed by atoms with van der Waals surface area (Å²) in [5.74, 6) is -0.775. The van der Waals surface area contributed by atoms with E-state index in [0.717, 1.165) is 5.56 Å². The fraction of sp³-hybridized carbons (Fsp3) is 0.133. The largest absolute Gasteiger partial charge is 0.326 e. The minimum atomic E-state index is -0.591. The number of nitrogens with zero attached hydrogens (tertiary/aromatic N) is 1. The molecule has 1 aromatic heterocycles. The van der Waals surface area contributed by atoms with Crippen molar-refractivity contribution < 1.29 is 9.59 Å². The van der Waals surface area contributed by atoms with Gasteiger partial charge >= 0.3 is 0 Å². The van der Waals surface area contributed by atoms with Gasteiger partial charge in [-0.1, -0.05) is 46.4 Å². The van der Waals surface area contributed by atoms with Gasteiger partial charge < -0.3 is 10.6 Å². The van der Waals surface area contributed by atoms with Gasteiger partial charge in [-0.15, -0.1) is 0 Å². The van der Waals surface area contributed by atoms with Gasteiger partial charge in [0.15, 0.2) is 0 Å². The molecule has 0 aliphatic heterocycles. The number of benzene rings is 1. The number of hydrogen-bond donors (Lipinski definition) is 2. The monoisotopic (exact) mass is 405 g/mol. The predicted octanol–water partition coefficient (Wildman–Crippen LogP) is 5.21. The van der Waals surface area contributed by atoms with E-state index in [9.17, 15) is 9.59 Å². The molecule has 2 aromatic rings. The number of anilines is 2. The van der Waals surface area contributed by atoms with Crippen LogP contribution in [0.15, 0.2) is 18.2 Å². The molecule has 0 saturated heterocycles. The molecule has 0 atom stereocenters. The Balaban J connectivity index is 2.28. The first-order chi connectivity index (χ1) is 11.2.